The van der Waals surface area contributed by atoms with Gasteiger partial charge in [-0.05, 0) is 50.8 Å². The lowest BCUT2D eigenvalue weighted by Crippen LogP contribution is -2.58. The molecule has 1 amide bonds. The second-order valence-corrected chi connectivity index (χ2v) is 7.39. The second-order valence-electron chi connectivity index (χ2n) is 5.64. The Hall–Kier alpha value is -0.710. The van der Waals surface area contributed by atoms with Gasteiger partial charge in [-0.15, -0.1) is 11.8 Å². The van der Waals surface area contributed by atoms with Crippen molar-refractivity contribution >= 4 is 29.3 Å². The first-order valence-electron chi connectivity index (χ1n) is 7.53. The Balaban J connectivity index is 2.08. The van der Waals surface area contributed by atoms with E-state index in [0.29, 0.717) is 5.25 Å². The van der Waals surface area contributed by atoms with Gasteiger partial charge in [0.05, 0.1) is 10.6 Å². The summed E-state index contributed by atoms with van der Waals surface area (Å²) in [7, 11) is 0. The van der Waals surface area contributed by atoms with Crippen molar-refractivity contribution in [3.63, 3.8) is 0 Å². The number of amides is 1. The molecule has 1 fully saturated rings. The Morgan fingerprint density at radius 3 is 2.95 bits per heavy atom. The first-order chi connectivity index (χ1) is 10.1. The molecule has 0 spiro atoms. The molecule has 5 heteroatoms. The molecule has 1 aliphatic carbocycles. The number of rotatable bonds is 6. The monoisotopic (exact) mass is 326 g/mol. The fourth-order valence-corrected chi connectivity index (χ4v) is 4.50. The highest BCUT2D eigenvalue weighted by Gasteiger charge is 2.41. The van der Waals surface area contributed by atoms with E-state index in [4.69, 9.17) is 17.3 Å². The van der Waals surface area contributed by atoms with Gasteiger partial charge in [0.2, 0.25) is 5.91 Å². The number of thioether (sulfide) groups is 1. The lowest BCUT2D eigenvalue weighted by Gasteiger charge is -2.39. The molecule has 116 valence electrons. The molecule has 2 atom stereocenters. The zero-order chi connectivity index (χ0) is 15.3. The van der Waals surface area contributed by atoms with Gasteiger partial charge in [0.1, 0.15) is 0 Å². The Kier molecular flexibility index (Phi) is 5.97. The van der Waals surface area contributed by atoms with Crippen LogP contribution in [0.2, 0.25) is 5.02 Å². The molecule has 0 radical (unpaired) electrons. The molecule has 0 heterocycles. The molecule has 1 aromatic carbocycles. The Labute approximate surface area is 136 Å². The van der Waals surface area contributed by atoms with Gasteiger partial charge in [0.15, 0.2) is 0 Å². The molecule has 1 aromatic rings. The van der Waals surface area contributed by atoms with Crippen molar-refractivity contribution in [2.45, 2.75) is 54.7 Å². The van der Waals surface area contributed by atoms with E-state index >= 15 is 0 Å². The van der Waals surface area contributed by atoms with Crippen LogP contribution in [-0.2, 0) is 4.79 Å². The first kappa shape index (κ1) is 16.7. The normalized spacial score (nSPS) is 25.7. The molecule has 0 aliphatic heterocycles. The molecule has 1 aliphatic rings. The highest BCUT2D eigenvalue weighted by molar-refractivity contribution is 8.00. The summed E-state index contributed by atoms with van der Waals surface area (Å²) in [4.78, 5) is 13.1. The summed E-state index contributed by atoms with van der Waals surface area (Å²) in [5, 5.41) is 4.54. The number of primary amides is 1. The van der Waals surface area contributed by atoms with E-state index in [9.17, 15) is 4.79 Å². The second kappa shape index (κ2) is 7.52. The number of hydrogen-bond acceptors (Lipinski definition) is 3. The van der Waals surface area contributed by atoms with Crippen LogP contribution in [0.5, 0.6) is 0 Å². The van der Waals surface area contributed by atoms with Crippen molar-refractivity contribution in [3.05, 3.63) is 29.3 Å². The highest BCUT2D eigenvalue weighted by atomic mass is 35.5. The van der Waals surface area contributed by atoms with E-state index in [1.54, 1.807) is 11.8 Å². The fourth-order valence-electron chi connectivity index (χ4n) is 2.88. The van der Waals surface area contributed by atoms with Gasteiger partial charge in [-0.2, -0.15) is 0 Å². The largest absolute Gasteiger partial charge is 0.368 e. The molecule has 21 heavy (non-hydrogen) atoms. The minimum absolute atomic E-state index is 0.222. The van der Waals surface area contributed by atoms with E-state index in [1.165, 1.54) is 0 Å². The summed E-state index contributed by atoms with van der Waals surface area (Å²) in [5.74, 6) is -0.222. The maximum absolute atomic E-state index is 12.0. The lowest BCUT2D eigenvalue weighted by molar-refractivity contribution is -0.125. The molecule has 3 nitrogen and oxygen atoms in total. The van der Waals surface area contributed by atoms with Gasteiger partial charge in [-0.1, -0.05) is 30.7 Å². The van der Waals surface area contributed by atoms with Crippen LogP contribution in [0.25, 0.3) is 0 Å². The third-order valence-corrected chi connectivity index (χ3v) is 5.81. The van der Waals surface area contributed by atoms with Crippen molar-refractivity contribution in [3.8, 4) is 0 Å². The van der Waals surface area contributed by atoms with Crippen LogP contribution < -0.4 is 11.1 Å². The van der Waals surface area contributed by atoms with Gasteiger partial charge in [0.25, 0.3) is 0 Å². The zero-order valence-corrected chi connectivity index (χ0v) is 14.0. The standard InChI is InChI=1S/C16H23ClN2OS/c1-2-10-19-16(15(18)20)9-5-6-12(11-16)21-14-8-4-3-7-13(14)17/h3-4,7-8,12,19H,2,5-6,9-11H2,1H3,(H2,18,20). The van der Waals surface area contributed by atoms with E-state index in [-0.39, 0.29) is 5.91 Å². The van der Waals surface area contributed by atoms with Gasteiger partial charge in [0, 0.05) is 10.1 Å². The Morgan fingerprint density at radius 2 is 2.29 bits per heavy atom. The van der Waals surface area contributed by atoms with Crippen molar-refractivity contribution < 1.29 is 4.79 Å². The van der Waals surface area contributed by atoms with Crippen LogP contribution in [0.15, 0.2) is 29.2 Å². The van der Waals surface area contributed by atoms with Gasteiger partial charge >= 0.3 is 0 Å². The molecular formula is C16H23ClN2OS. The van der Waals surface area contributed by atoms with E-state index < -0.39 is 5.54 Å². The average Bonchev–Trinajstić information content (AvgIpc) is 2.48. The van der Waals surface area contributed by atoms with Crippen LogP contribution in [-0.4, -0.2) is 23.2 Å². The minimum Gasteiger partial charge on any atom is -0.368 e. The number of nitrogens with one attached hydrogen (secondary N) is 1. The lowest BCUT2D eigenvalue weighted by atomic mass is 9.80. The maximum atomic E-state index is 12.0. The maximum Gasteiger partial charge on any atom is 0.237 e. The number of nitrogens with two attached hydrogens (primary N) is 1. The molecule has 2 rings (SSSR count). The van der Waals surface area contributed by atoms with Gasteiger partial charge in [-0.25, -0.2) is 0 Å². The van der Waals surface area contributed by atoms with Crippen LogP contribution in [0, 0.1) is 0 Å². The molecule has 2 unspecified atom stereocenters. The van der Waals surface area contributed by atoms with Gasteiger partial charge < -0.3 is 11.1 Å². The number of benzene rings is 1. The highest BCUT2D eigenvalue weighted by Crippen LogP contribution is 2.40. The van der Waals surface area contributed by atoms with Crippen molar-refractivity contribution in [1.29, 1.82) is 0 Å². The third kappa shape index (κ3) is 4.15. The summed E-state index contributed by atoms with van der Waals surface area (Å²) in [6, 6.07) is 7.87. The summed E-state index contributed by atoms with van der Waals surface area (Å²) >= 11 is 8.00. The minimum atomic E-state index is -0.548. The zero-order valence-electron chi connectivity index (χ0n) is 12.4. The topological polar surface area (TPSA) is 55.1 Å². The van der Waals surface area contributed by atoms with Crippen molar-refractivity contribution in [2.24, 2.45) is 5.73 Å². The summed E-state index contributed by atoms with van der Waals surface area (Å²) in [6.07, 6.45) is 4.72. The van der Waals surface area contributed by atoms with Crippen LogP contribution in [0.4, 0.5) is 0 Å². The van der Waals surface area contributed by atoms with Crippen molar-refractivity contribution in [2.75, 3.05) is 6.54 Å². The fraction of sp³-hybridized carbons (Fsp3) is 0.562. The predicted octanol–water partition coefficient (Wildman–Crippen LogP) is 3.60. The Bertz CT molecular complexity index is 497. The number of halogens is 1. The SMILES string of the molecule is CCCNC1(C(N)=O)CCCC(Sc2ccccc2Cl)C1. The van der Waals surface area contributed by atoms with E-state index in [2.05, 4.69) is 12.2 Å². The summed E-state index contributed by atoms with van der Waals surface area (Å²) in [5.41, 5.74) is 5.14. The van der Waals surface area contributed by atoms with Crippen LogP contribution in [0.1, 0.15) is 39.0 Å². The third-order valence-electron chi connectivity index (χ3n) is 4.02. The molecule has 0 saturated heterocycles. The number of carbonyl (C=O) groups excluding carboxylic acids is 1. The Morgan fingerprint density at radius 1 is 1.52 bits per heavy atom. The molecule has 0 aromatic heterocycles. The first-order valence-corrected chi connectivity index (χ1v) is 8.79. The van der Waals surface area contributed by atoms with Crippen LogP contribution >= 0.6 is 23.4 Å². The average molecular weight is 327 g/mol. The predicted molar refractivity (Wildman–Crippen MR) is 89.8 cm³/mol. The number of hydrogen-bond donors (Lipinski definition) is 2. The van der Waals surface area contributed by atoms with E-state index in [0.717, 1.165) is 48.6 Å². The van der Waals surface area contributed by atoms with E-state index in [1.807, 2.05) is 24.3 Å². The molecule has 1 saturated carbocycles. The van der Waals surface area contributed by atoms with Crippen molar-refractivity contribution in [1.82, 2.24) is 5.32 Å². The summed E-state index contributed by atoms with van der Waals surface area (Å²) in [6.45, 7) is 2.92. The smallest absolute Gasteiger partial charge is 0.237 e. The number of carbonyl (C=O) groups is 1. The molecular weight excluding hydrogens is 304 g/mol. The summed E-state index contributed by atoms with van der Waals surface area (Å²) < 4.78 is 0. The van der Waals surface area contributed by atoms with Crippen LogP contribution in [0.3, 0.4) is 0 Å². The molecule has 3 N–H and O–H groups in total. The molecule has 0 bridgehead atoms. The quantitative estimate of drug-likeness (QED) is 0.839. The van der Waals surface area contributed by atoms with Gasteiger partial charge in [-0.3, -0.25) is 4.79 Å².